The summed E-state index contributed by atoms with van der Waals surface area (Å²) in [5.74, 6) is 0.733. The second kappa shape index (κ2) is 6.87. The smallest absolute Gasteiger partial charge is 0.0416 e. The van der Waals surface area contributed by atoms with E-state index in [0.29, 0.717) is 0 Å². The highest BCUT2D eigenvalue weighted by Gasteiger charge is 1.91. The van der Waals surface area contributed by atoms with Gasteiger partial charge in [-0.15, -0.1) is 11.6 Å². The van der Waals surface area contributed by atoms with Crippen LogP contribution in [-0.2, 0) is 6.42 Å². The summed E-state index contributed by atoms with van der Waals surface area (Å²) in [5, 5.41) is 3.31. The number of alkyl halides is 1. The molecule has 0 saturated carbocycles. The molecule has 0 aliphatic rings. The second-order valence-corrected chi connectivity index (χ2v) is 3.24. The van der Waals surface area contributed by atoms with Crippen molar-refractivity contribution in [1.82, 2.24) is 10.3 Å². The van der Waals surface area contributed by atoms with Gasteiger partial charge in [-0.2, -0.15) is 0 Å². The van der Waals surface area contributed by atoms with Crippen LogP contribution < -0.4 is 5.32 Å². The summed E-state index contributed by atoms with van der Waals surface area (Å²) in [4.78, 5) is 4.23. The van der Waals surface area contributed by atoms with E-state index in [9.17, 15) is 0 Å². The van der Waals surface area contributed by atoms with Crippen molar-refractivity contribution in [2.45, 2.75) is 12.8 Å². The van der Waals surface area contributed by atoms with Crippen molar-refractivity contribution in [2.75, 3.05) is 19.0 Å². The van der Waals surface area contributed by atoms with E-state index in [1.54, 1.807) is 0 Å². The van der Waals surface area contributed by atoms with E-state index in [1.807, 2.05) is 24.4 Å². The highest BCUT2D eigenvalue weighted by atomic mass is 35.5. The van der Waals surface area contributed by atoms with Crippen LogP contribution in [0.2, 0.25) is 0 Å². The predicted molar refractivity (Wildman–Crippen MR) is 56.1 cm³/mol. The topological polar surface area (TPSA) is 24.9 Å². The molecular formula is C10H15ClN2. The highest BCUT2D eigenvalue weighted by molar-refractivity contribution is 6.17. The fourth-order valence-corrected chi connectivity index (χ4v) is 1.21. The molecule has 0 amide bonds. The third-order valence-electron chi connectivity index (χ3n) is 1.77. The molecule has 2 nitrogen and oxygen atoms in total. The fraction of sp³-hybridized carbons (Fsp3) is 0.500. The number of hydrogen-bond acceptors (Lipinski definition) is 2. The number of pyridine rings is 1. The molecule has 0 spiro atoms. The van der Waals surface area contributed by atoms with E-state index in [1.165, 1.54) is 0 Å². The van der Waals surface area contributed by atoms with Crippen molar-refractivity contribution >= 4 is 11.6 Å². The number of rotatable bonds is 6. The summed E-state index contributed by atoms with van der Waals surface area (Å²) >= 11 is 5.55. The molecule has 72 valence electrons. The molecule has 1 rings (SSSR count). The van der Waals surface area contributed by atoms with E-state index in [0.717, 1.165) is 37.5 Å². The van der Waals surface area contributed by atoms with Crippen molar-refractivity contribution in [3.8, 4) is 0 Å². The van der Waals surface area contributed by atoms with Gasteiger partial charge in [-0.05, 0) is 25.1 Å². The summed E-state index contributed by atoms with van der Waals surface area (Å²) < 4.78 is 0. The average molecular weight is 199 g/mol. The molecule has 1 aromatic heterocycles. The molecule has 0 saturated heterocycles. The van der Waals surface area contributed by atoms with Crippen molar-refractivity contribution in [3.05, 3.63) is 30.1 Å². The summed E-state index contributed by atoms with van der Waals surface area (Å²) in [6, 6.07) is 5.99. The van der Waals surface area contributed by atoms with Crippen LogP contribution in [0.3, 0.4) is 0 Å². The minimum Gasteiger partial charge on any atom is -0.316 e. The van der Waals surface area contributed by atoms with Crippen LogP contribution in [-0.4, -0.2) is 24.0 Å². The molecule has 0 atom stereocenters. The van der Waals surface area contributed by atoms with E-state index in [4.69, 9.17) is 11.6 Å². The minimum absolute atomic E-state index is 0.733. The van der Waals surface area contributed by atoms with Gasteiger partial charge in [0.25, 0.3) is 0 Å². The maximum absolute atomic E-state index is 5.55. The van der Waals surface area contributed by atoms with Crippen molar-refractivity contribution < 1.29 is 0 Å². The lowest BCUT2D eigenvalue weighted by Crippen LogP contribution is -2.19. The van der Waals surface area contributed by atoms with Gasteiger partial charge in [-0.1, -0.05) is 6.07 Å². The molecule has 0 radical (unpaired) electrons. The van der Waals surface area contributed by atoms with Gasteiger partial charge in [-0.3, -0.25) is 4.98 Å². The van der Waals surface area contributed by atoms with E-state index in [-0.39, 0.29) is 0 Å². The van der Waals surface area contributed by atoms with Gasteiger partial charge in [0.15, 0.2) is 0 Å². The van der Waals surface area contributed by atoms with Crippen molar-refractivity contribution in [1.29, 1.82) is 0 Å². The van der Waals surface area contributed by atoms with Gasteiger partial charge >= 0.3 is 0 Å². The minimum atomic E-state index is 0.733. The summed E-state index contributed by atoms with van der Waals surface area (Å²) in [6.45, 7) is 1.98. The zero-order valence-electron chi connectivity index (χ0n) is 7.67. The SMILES string of the molecule is ClCCCNCCc1ccccn1. The van der Waals surface area contributed by atoms with Crippen LogP contribution in [0.4, 0.5) is 0 Å². The third kappa shape index (κ3) is 4.86. The summed E-state index contributed by atoms with van der Waals surface area (Å²) in [7, 11) is 0. The first-order chi connectivity index (χ1) is 6.43. The van der Waals surface area contributed by atoms with Crippen LogP contribution in [0.25, 0.3) is 0 Å². The Kier molecular flexibility index (Phi) is 5.54. The largest absolute Gasteiger partial charge is 0.316 e. The Hall–Kier alpha value is -0.600. The number of nitrogens with zero attached hydrogens (tertiary/aromatic N) is 1. The van der Waals surface area contributed by atoms with Crippen molar-refractivity contribution in [3.63, 3.8) is 0 Å². The molecule has 0 fully saturated rings. The highest BCUT2D eigenvalue weighted by Crippen LogP contribution is 1.93. The van der Waals surface area contributed by atoms with Crippen molar-refractivity contribution in [2.24, 2.45) is 0 Å². The van der Waals surface area contributed by atoms with Crippen LogP contribution >= 0.6 is 11.6 Å². The molecule has 1 heterocycles. The predicted octanol–water partition coefficient (Wildman–Crippen LogP) is 1.84. The number of hydrogen-bond donors (Lipinski definition) is 1. The zero-order chi connectivity index (χ0) is 9.36. The Balaban J connectivity index is 2.07. The molecule has 1 aromatic rings. The Bertz CT molecular complexity index is 213. The van der Waals surface area contributed by atoms with Crippen LogP contribution in [0.1, 0.15) is 12.1 Å². The van der Waals surface area contributed by atoms with Gasteiger partial charge in [0.1, 0.15) is 0 Å². The number of nitrogens with one attached hydrogen (secondary N) is 1. The Morgan fingerprint density at radius 1 is 1.31 bits per heavy atom. The van der Waals surface area contributed by atoms with E-state index in [2.05, 4.69) is 10.3 Å². The molecule has 0 aliphatic heterocycles. The fourth-order valence-electron chi connectivity index (χ4n) is 1.08. The molecule has 0 aliphatic carbocycles. The second-order valence-electron chi connectivity index (χ2n) is 2.86. The number of aromatic nitrogens is 1. The summed E-state index contributed by atoms with van der Waals surface area (Å²) in [6.07, 6.45) is 3.85. The molecule has 3 heteroatoms. The van der Waals surface area contributed by atoms with Crippen LogP contribution in [0.5, 0.6) is 0 Å². The first kappa shape index (κ1) is 10.5. The molecule has 0 bridgehead atoms. The molecular weight excluding hydrogens is 184 g/mol. The van der Waals surface area contributed by atoms with Gasteiger partial charge < -0.3 is 5.32 Å². The Morgan fingerprint density at radius 2 is 2.23 bits per heavy atom. The lowest BCUT2D eigenvalue weighted by atomic mass is 10.3. The Morgan fingerprint density at radius 3 is 2.92 bits per heavy atom. The lowest BCUT2D eigenvalue weighted by molar-refractivity contribution is 0.667. The maximum atomic E-state index is 5.55. The van der Waals surface area contributed by atoms with Crippen LogP contribution in [0.15, 0.2) is 24.4 Å². The van der Waals surface area contributed by atoms with Gasteiger partial charge in [0.2, 0.25) is 0 Å². The first-order valence-corrected chi connectivity index (χ1v) is 5.13. The molecule has 0 aromatic carbocycles. The normalized spacial score (nSPS) is 10.2. The molecule has 1 N–H and O–H groups in total. The standard InChI is InChI=1S/C10H15ClN2/c11-6-3-7-12-9-5-10-4-1-2-8-13-10/h1-2,4,8,12H,3,5-7,9H2. The van der Waals surface area contributed by atoms with Gasteiger partial charge in [-0.25, -0.2) is 0 Å². The molecule has 0 unspecified atom stereocenters. The first-order valence-electron chi connectivity index (χ1n) is 4.60. The Labute approximate surface area is 84.3 Å². The summed E-state index contributed by atoms with van der Waals surface area (Å²) in [5.41, 5.74) is 1.14. The average Bonchev–Trinajstić information content (AvgIpc) is 2.19. The zero-order valence-corrected chi connectivity index (χ0v) is 8.43. The monoisotopic (exact) mass is 198 g/mol. The third-order valence-corrected chi connectivity index (χ3v) is 2.04. The quantitative estimate of drug-likeness (QED) is 0.558. The maximum Gasteiger partial charge on any atom is 0.0416 e. The molecule has 13 heavy (non-hydrogen) atoms. The van der Waals surface area contributed by atoms with Gasteiger partial charge in [0.05, 0.1) is 0 Å². The van der Waals surface area contributed by atoms with E-state index < -0.39 is 0 Å². The van der Waals surface area contributed by atoms with E-state index >= 15 is 0 Å². The number of halogens is 1. The van der Waals surface area contributed by atoms with Gasteiger partial charge in [0, 0.05) is 30.7 Å². The lowest BCUT2D eigenvalue weighted by Gasteiger charge is -2.02. The van der Waals surface area contributed by atoms with Crippen LogP contribution in [0, 0.1) is 0 Å².